The molecule has 0 unspecified atom stereocenters. The average molecular weight is 246 g/mol. The van der Waals surface area contributed by atoms with Gasteiger partial charge in [-0.05, 0) is 19.3 Å². The van der Waals surface area contributed by atoms with Crippen molar-refractivity contribution in [1.82, 2.24) is 15.0 Å². The van der Waals surface area contributed by atoms with Crippen LogP contribution in [0.2, 0.25) is 0 Å². The predicted octanol–water partition coefficient (Wildman–Crippen LogP) is 3.19. The normalized spacial score (nSPS) is 15.3. The van der Waals surface area contributed by atoms with E-state index in [4.69, 9.17) is 5.26 Å². The molecule has 98 valence electrons. The molecule has 2 rings (SSSR count). The molecule has 1 aromatic rings. The topological polar surface area (TPSA) is 54.5 Å². The van der Waals surface area contributed by atoms with Gasteiger partial charge in [-0.25, -0.2) is 4.68 Å². The number of aromatic nitrogens is 3. The maximum Gasteiger partial charge on any atom is 0.100 e. The van der Waals surface area contributed by atoms with Gasteiger partial charge in [-0.2, -0.15) is 5.26 Å². The average Bonchev–Trinajstić information content (AvgIpc) is 2.67. The molecule has 1 aliphatic rings. The highest BCUT2D eigenvalue weighted by atomic mass is 15.4. The van der Waals surface area contributed by atoms with Gasteiger partial charge in [0, 0.05) is 12.5 Å². The van der Waals surface area contributed by atoms with Gasteiger partial charge in [0.1, 0.15) is 5.69 Å². The van der Waals surface area contributed by atoms with E-state index in [2.05, 4.69) is 28.0 Å². The smallest absolute Gasteiger partial charge is 0.100 e. The van der Waals surface area contributed by atoms with Crippen LogP contribution in [0.15, 0.2) is 0 Å². The SMILES string of the molecule is CCCCCCn1nnc(CC#N)c1C1CCC1. The van der Waals surface area contributed by atoms with Gasteiger partial charge in [0.2, 0.25) is 0 Å². The van der Waals surface area contributed by atoms with E-state index in [1.165, 1.54) is 50.6 Å². The fourth-order valence-corrected chi connectivity index (χ4v) is 2.54. The Hall–Kier alpha value is -1.37. The van der Waals surface area contributed by atoms with Crippen LogP contribution in [-0.2, 0) is 13.0 Å². The molecule has 0 N–H and O–H groups in total. The minimum absolute atomic E-state index is 0.404. The first-order chi connectivity index (χ1) is 8.86. The van der Waals surface area contributed by atoms with Gasteiger partial charge in [0.15, 0.2) is 0 Å². The lowest BCUT2D eigenvalue weighted by atomic mass is 9.81. The molecular weight excluding hydrogens is 224 g/mol. The molecule has 4 nitrogen and oxygen atoms in total. The highest BCUT2D eigenvalue weighted by molar-refractivity contribution is 5.20. The van der Waals surface area contributed by atoms with E-state index >= 15 is 0 Å². The minimum atomic E-state index is 0.404. The van der Waals surface area contributed by atoms with Crippen LogP contribution >= 0.6 is 0 Å². The number of rotatable bonds is 7. The van der Waals surface area contributed by atoms with Crippen molar-refractivity contribution in [2.24, 2.45) is 0 Å². The van der Waals surface area contributed by atoms with Gasteiger partial charge in [-0.1, -0.05) is 37.8 Å². The first-order valence-electron chi connectivity index (χ1n) is 7.16. The Balaban J connectivity index is 2.02. The Kier molecular flexibility index (Phi) is 4.74. The first kappa shape index (κ1) is 13.1. The third kappa shape index (κ3) is 2.90. The second-order valence-corrected chi connectivity index (χ2v) is 5.17. The first-order valence-corrected chi connectivity index (χ1v) is 7.16. The van der Waals surface area contributed by atoms with E-state index in [9.17, 15) is 0 Å². The number of nitrogens with zero attached hydrogens (tertiary/aromatic N) is 4. The van der Waals surface area contributed by atoms with Crippen LogP contribution in [0.4, 0.5) is 0 Å². The molecular formula is C14H22N4. The van der Waals surface area contributed by atoms with E-state index < -0.39 is 0 Å². The summed E-state index contributed by atoms with van der Waals surface area (Å²) in [6.45, 7) is 3.19. The molecule has 0 amide bonds. The van der Waals surface area contributed by atoms with Crippen molar-refractivity contribution >= 4 is 0 Å². The summed E-state index contributed by atoms with van der Waals surface area (Å²) >= 11 is 0. The second-order valence-electron chi connectivity index (χ2n) is 5.17. The number of aryl methyl sites for hydroxylation is 1. The lowest BCUT2D eigenvalue weighted by Crippen LogP contribution is -2.17. The predicted molar refractivity (Wildman–Crippen MR) is 70.1 cm³/mol. The molecule has 0 saturated heterocycles. The van der Waals surface area contributed by atoms with Gasteiger partial charge >= 0.3 is 0 Å². The van der Waals surface area contributed by atoms with Gasteiger partial charge < -0.3 is 0 Å². The quantitative estimate of drug-likeness (QED) is 0.694. The third-order valence-electron chi connectivity index (χ3n) is 3.81. The Labute approximate surface area is 109 Å². The molecule has 0 radical (unpaired) electrons. The Morgan fingerprint density at radius 3 is 2.78 bits per heavy atom. The molecule has 1 aromatic heterocycles. The van der Waals surface area contributed by atoms with E-state index in [1.54, 1.807) is 0 Å². The van der Waals surface area contributed by atoms with Crippen molar-refractivity contribution in [3.63, 3.8) is 0 Å². The standard InChI is InChI=1S/C14H22N4/c1-2-3-4-5-11-18-14(12-7-6-8-12)13(9-10-15)16-17-18/h12H,2-9,11H2,1H3. The van der Waals surface area contributed by atoms with E-state index in [0.29, 0.717) is 12.3 Å². The number of hydrogen-bond donors (Lipinski definition) is 0. The summed E-state index contributed by atoms with van der Waals surface area (Å²) in [6, 6.07) is 2.20. The molecule has 0 atom stereocenters. The zero-order valence-corrected chi connectivity index (χ0v) is 11.2. The summed E-state index contributed by atoms with van der Waals surface area (Å²) < 4.78 is 2.06. The Morgan fingerprint density at radius 1 is 1.33 bits per heavy atom. The van der Waals surface area contributed by atoms with Crippen molar-refractivity contribution in [2.45, 2.75) is 70.8 Å². The number of unbranched alkanes of at least 4 members (excludes halogenated alkanes) is 3. The van der Waals surface area contributed by atoms with Gasteiger partial charge in [-0.3, -0.25) is 0 Å². The third-order valence-corrected chi connectivity index (χ3v) is 3.81. The highest BCUT2D eigenvalue weighted by Gasteiger charge is 2.27. The van der Waals surface area contributed by atoms with Crippen LogP contribution in [0.25, 0.3) is 0 Å². The van der Waals surface area contributed by atoms with E-state index in [1.807, 2.05) is 0 Å². The van der Waals surface area contributed by atoms with E-state index in [-0.39, 0.29) is 0 Å². The molecule has 1 fully saturated rings. The van der Waals surface area contributed by atoms with E-state index in [0.717, 1.165) is 12.2 Å². The van der Waals surface area contributed by atoms with Crippen molar-refractivity contribution in [3.05, 3.63) is 11.4 Å². The van der Waals surface area contributed by atoms with Crippen molar-refractivity contribution in [3.8, 4) is 6.07 Å². The van der Waals surface area contributed by atoms with Gasteiger partial charge in [-0.15, -0.1) is 5.10 Å². The summed E-state index contributed by atoms with van der Waals surface area (Å²) in [5.41, 5.74) is 2.16. The lowest BCUT2D eigenvalue weighted by Gasteiger charge is -2.26. The summed E-state index contributed by atoms with van der Waals surface area (Å²) in [6.07, 6.45) is 9.15. The molecule has 0 bridgehead atoms. The van der Waals surface area contributed by atoms with Crippen molar-refractivity contribution in [2.75, 3.05) is 0 Å². The van der Waals surface area contributed by atoms with Crippen LogP contribution in [0.5, 0.6) is 0 Å². The zero-order chi connectivity index (χ0) is 12.8. The van der Waals surface area contributed by atoms with Crippen molar-refractivity contribution in [1.29, 1.82) is 5.26 Å². The zero-order valence-electron chi connectivity index (χ0n) is 11.2. The fourth-order valence-electron chi connectivity index (χ4n) is 2.54. The van der Waals surface area contributed by atoms with Crippen LogP contribution in [0.1, 0.15) is 69.2 Å². The van der Waals surface area contributed by atoms with Crippen LogP contribution in [0.3, 0.4) is 0 Å². The number of hydrogen-bond acceptors (Lipinski definition) is 3. The Bertz CT molecular complexity index is 412. The monoisotopic (exact) mass is 246 g/mol. The van der Waals surface area contributed by atoms with Crippen LogP contribution in [0, 0.1) is 11.3 Å². The van der Waals surface area contributed by atoms with Gasteiger partial charge in [0.25, 0.3) is 0 Å². The molecule has 0 aromatic carbocycles. The molecule has 18 heavy (non-hydrogen) atoms. The number of nitriles is 1. The Morgan fingerprint density at radius 2 is 2.17 bits per heavy atom. The van der Waals surface area contributed by atoms with Crippen LogP contribution in [-0.4, -0.2) is 15.0 Å². The lowest BCUT2D eigenvalue weighted by molar-refractivity contribution is 0.381. The van der Waals surface area contributed by atoms with Gasteiger partial charge in [0.05, 0.1) is 18.2 Å². The van der Waals surface area contributed by atoms with Crippen molar-refractivity contribution < 1.29 is 0 Å². The second kappa shape index (κ2) is 6.53. The fraction of sp³-hybridized carbons (Fsp3) is 0.786. The summed E-state index contributed by atoms with van der Waals surface area (Å²) in [5.74, 6) is 0.606. The minimum Gasteiger partial charge on any atom is -0.249 e. The molecule has 1 saturated carbocycles. The van der Waals surface area contributed by atoms with Crippen LogP contribution < -0.4 is 0 Å². The summed E-state index contributed by atoms with van der Waals surface area (Å²) in [7, 11) is 0. The maximum atomic E-state index is 8.84. The molecule has 0 spiro atoms. The molecule has 1 heterocycles. The molecule has 4 heteroatoms. The highest BCUT2D eigenvalue weighted by Crippen LogP contribution is 2.37. The molecule has 0 aliphatic heterocycles. The summed E-state index contributed by atoms with van der Waals surface area (Å²) in [4.78, 5) is 0. The maximum absolute atomic E-state index is 8.84. The summed E-state index contributed by atoms with van der Waals surface area (Å²) in [5, 5.41) is 17.3. The largest absolute Gasteiger partial charge is 0.249 e. The molecule has 1 aliphatic carbocycles.